The van der Waals surface area contributed by atoms with Crippen LogP contribution < -0.4 is 16.0 Å². The van der Waals surface area contributed by atoms with Gasteiger partial charge in [-0.2, -0.15) is 0 Å². The molecule has 0 aliphatic carbocycles. The number of carbonyl (C=O) groups excluding carboxylic acids is 4. The molecule has 2 N–H and O–H groups in total. The van der Waals surface area contributed by atoms with E-state index in [1.165, 1.54) is 6.92 Å². The molecule has 0 unspecified atom stereocenters. The molecule has 118 valence electrons. The summed E-state index contributed by atoms with van der Waals surface area (Å²) in [5, 5.41) is 3.66. The highest BCUT2D eigenvalue weighted by Crippen LogP contribution is 2.11. The van der Waals surface area contributed by atoms with Crippen molar-refractivity contribution in [3.8, 4) is 0 Å². The van der Waals surface area contributed by atoms with Crippen LogP contribution >= 0.6 is 0 Å². The predicted octanol–water partition coefficient (Wildman–Crippen LogP) is -0.449. The summed E-state index contributed by atoms with van der Waals surface area (Å²) in [5.41, 5.74) is -0.289. The van der Waals surface area contributed by atoms with E-state index in [0.29, 0.717) is 10.8 Å². The van der Waals surface area contributed by atoms with Gasteiger partial charge >= 0.3 is 0 Å². The van der Waals surface area contributed by atoms with Gasteiger partial charge < -0.3 is 9.78 Å². The van der Waals surface area contributed by atoms with Crippen molar-refractivity contribution in [2.75, 3.05) is 0 Å². The van der Waals surface area contributed by atoms with Crippen molar-refractivity contribution in [1.82, 2.24) is 10.3 Å². The molecule has 0 saturated carbocycles. The second-order valence-corrected chi connectivity index (χ2v) is 5.29. The third-order valence-corrected chi connectivity index (χ3v) is 3.73. The summed E-state index contributed by atoms with van der Waals surface area (Å²) in [5.74, 6) is -2.47. The van der Waals surface area contributed by atoms with Gasteiger partial charge in [0.1, 0.15) is 5.57 Å². The van der Waals surface area contributed by atoms with Gasteiger partial charge in [0.2, 0.25) is 5.91 Å². The van der Waals surface area contributed by atoms with E-state index in [0.717, 1.165) is 0 Å². The number of rotatable bonds is 1. The standard InChI is InChI=1S/C17H11N3O4/c1-8(21)14(18-2)16-10-6-4-3-5-9(10)15(20-16)13-11(22)7-12(23)19-17(13)24/h3-6,20H,7H2,1H3,(H,19,23,24)/b15-13+,16-14+. The number of Topliss-reactive ketones (excluding diaryl/α,β-unsaturated/α-hetero) is 2. The Labute approximate surface area is 135 Å². The van der Waals surface area contributed by atoms with Crippen LogP contribution in [-0.4, -0.2) is 28.4 Å². The third-order valence-electron chi connectivity index (χ3n) is 3.73. The highest BCUT2D eigenvalue weighted by atomic mass is 16.2. The largest absolute Gasteiger partial charge is 0.363 e. The molecule has 0 radical (unpaired) electrons. The van der Waals surface area contributed by atoms with Gasteiger partial charge in [0.15, 0.2) is 11.6 Å². The van der Waals surface area contributed by atoms with Gasteiger partial charge in [0.05, 0.1) is 23.7 Å². The lowest BCUT2D eigenvalue weighted by molar-refractivity contribution is -0.133. The van der Waals surface area contributed by atoms with Crippen LogP contribution in [0.2, 0.25) is 0 Å². The molecule has 7 nitrogen and oxygen atoms in total. The zero-order valence-corrected chi connectivity index (χ0v) is 12.6. The van der Waals surface area contributed by atoms with Crippen molar-refractivity contribution < 1.29 is 19.2 Å². The first-order valence-electron chi connectivity index (χ1n) is 7.05. The Morgan fingerprint density at radius 2 is 1.83 bits per heavy atom. The maximum Gasteiger partial charge on any atom is 0.263 e. The Kier molecular flexibility index (Phi) is 3.58. The maximum absolute atomic E-state index is 12.2. The number of benzene rings is 1. The summed E-state index contributed by atoms with van der Waals surface area (Å²) in [6.07, 6.45) is -0.421. The van der Waals surface area contributed by atoms with Crippen molar-refractivity contribution in [1.29, 1.82) is 0 Å². The number of hydrogen-bond donors (Lipinski definition) is 2. The van der Waals surface area contributed by atoms with Gasteiger partial charge in [-0.05, 0) is 12.3 Å². The first-order chi connectivity index (χ1) is 11.4. The minimum Gasteiger partial charge on any atom is -0.363 e. The van der Waals surface area contributed by atoms with E-state index in [1.807, 2.05) is 0 Å². The molecule has 1 aromatic carbocycles. The van der Waals surface area contributed by atoms with E-state index < -0.39 is 29.8 Å². The minimum absolute atomic E-state index is 0.113. The summed E-state index contributed by atoms with van der Waals surface area (Å²) >= 11 is 0. The van der Waals surface area contributed by atoms with E-state index in [4.69, 9.17) is 6.57 Å². The SMILES string of the molecule is [C-]#[N+]/C(C(C)=O)=c1/[nH]/c(=C2\C(=O)CC(=O)NC2=O)c2ccccc12. The quantitative estimate of drug-likeness (QED) is 0.422. The van der Waals surface area contributed by atoms with Crippen molar-refractivity contribution in [3.63, 3.8) is 0 Å². The topological polar surface area (TPSA) is 100 Å². The minimum atomic E-state index is -0.790. The lowest BCUT2D eigenvalue weighted by Gasteiger charge is -2.11. The van der Waals surface area contributed by atoms with Gasteiger partial charge in [0.25, 0.3) is 11.6 Å². The number of piperidine rings is 1. The number of aromatic nitrogens is 1. The van der Waals surface area contributed by atoms with E-state index >= 15 is 0 Å². The van der Waals surface area contributed by atoms with Crippen LogP contribution in [0, 0.1) is 6.57 Å². The number of nitrogens with zero attached hydrogens (tertiary/aromatic N) is 1. The number of fused-ring (bicyclic) bond motifs is 1. The van der Waals surface area contributed by atoms with Crippen molar-refractivity contribution in [2.45, 2.75) is 13.3 Å². The summed E-state index contributed by atoms with van der Waals surface area (Å²) in [6.45, 7) is 8.48. The smallest absolute Gasteiger partial charge is 0.263 e. The third kappa shape index (κ3) is 2.30. The zero-order chi connectivity index (χ0) is 17.4. The normalized spacial score (nSPS) is 18.2. The first-order valence-corrected chi connectivity index (χ1v) is 7.05. The number of ketones is 2. The molecule has 0 spiro atoms. The average molecular weight is 321 g/mol. The molecule has 2 amide bonds. The summed E-state index contributed by atoms with van der Waals surface area (Å²) in [7, 11) is 0. The molecule has 1 aliphatic heterocycles. The highest BCUT2D eigenvalue weighted by molar-refractivity contribution is 6.47. The number of H-pyrrole nitrogens is 1. The molecule has 1 saturated heterocycles. The highest BCUT2D eigenvalue weighted by Gasteiger charge is 2.30. The predicted molar refractivity (Wildman–Crippen MR) is 84.4 cm³/mol. The van der Waals surface area contributed by atoms with Gasteiger partial charge in [0, 0.05) is 5.39 Å². The van der Waals surface area contributed by atoms with Crippen LogP contribution in [0.15, 0.2) is 24.3 Å². The molecule has 3 rings (SSSR count). The summed E-state index contributed by atoms with van der Waals surface area (Å²) in [4.78, 5) is 53.4. The van der Waals surface area contributed by atoms with Crippen LogP contribution in [0.1, 0.15) is 13.3 Å². The lowest BCUT2D eigenvalue weighted by atomic mass is 10.0. The number of aromatic amines is 1. The van der Waals surface area contributed by atoms with E-state index in [-0.39, 0.29) is 22.0 Å². The monoisotopic (exact) mass is 321 g/mol. The molecular formula is C17H11N3O4. The van der Waals surface area contributed by atoms with Crippen molar-refractivity contribution in [3.05, 3.63) is 46.4 Å². The average Bonchev–Trinajstić information content (AvgIpc) is 2.86. The van der Waals surface area contributed by atoms with Crippen molar-refractivity contribution >= 4 is 45.4 Å². The Hall–Kier alpha value is -3.53. The Balaban J connectivity index is 2.54. The number of amides is 2. The molecule has 1 aromatic heterocycles. The molecule has 2 heterocycles. The van der Waals surface area contributed by atoms with E-state index in [2.05, 4.69) is 15.1 Å². The summed E-state index contributed by atoms with van der Waals surface area (Å²) < 4.78 is 0. The Morgan fingerprint density at radius 3 is 2.42 bits per heavy atom. The van der Waals surface area contributed by atoms with Crippen molar-refractivity contribution in [2.24, 2.45) is 0 Å². The molecule has 24 heavy (non-hydrogen) atoms. The van der Waals surface area contributed by atoms with Gasteiger partial charge in [-0.3, -0.25) is 19.7 Å². The molecular weight excluding hydrogens is 310 g/mol. The lowest BCUT2D eigenvalue weighted by Crippen LogP contribution is -2.43. The fourth-order valence-electron chi connectivity index (χ4n) is 2.72. The van der Waals surface area contributed by atoms with E-state index in [9.17, 15) is 19.2 Å². The first kappa shape index (κ1) is 15.4. The molecule has 0 atom stereocenters. The fraction of sp³-hybridized carbons (Fsp3) is 0.118. The number of carbonyl (C=O) groups is 4. The van der Waals surface area contributed by atoms with Crippen LogP contribution in [0.3, 0.4) is 0 Å². The van der Waals surface area contributed by atoms with Crippen LogP contribution in [0.25, 0.3) is 26.9 Å². The van der Waals surface area contributed by atoms with E-state index in [1.54, 1.807) is 24.3 Å². The number of hydrogen-bond acceptors (Lipinski definition) is 4. The molecule has 7 heteroatoms. The summed E-state index contributed by atoms with van der Waals surface area (Å²) in [6, 6.07) is 6.81. The van der Waals surface area contributed by atoms with Gasteiger partial charge in [-0.1, -0.05) is 24.3 Å². The number of nitrogens with one attached hydrogen (secondary N) is 2. The number of imide groups is 1. The molecule has 1 fully saturated rings. The second-order valence-electron chi connectivity index (χ2n) is 5.29. The van der Waals surface area contributed by atoms with Gasteiger partial charge in [-0.25, -0.2) is 4.85 Å². The Bertz CT molecular complexity index is 1080. The molecule has 0 bridgehead atoms. The van der Waals surface area contributed by atoms with Crippen LogP contribution in [0.5, 0.6) is 0 Å². The van der Waals surface area contributed by atoms with Crippen LogP contribution in [-0.2, 0) is 19.2 Å². The second kappa shape index (κ2) is 5.59. The molecule has 1 aliphatic rings. The fourth-order valence-corrected chi connectivity index (χ4v) is 2.72. The molecule has 2 aromatic rings. The van der Waals surface area contributed by atoms with Gasteiger partial charge in [-0.15, -0.1) is 0 Å². The zero-order valence-electron chi connectivity index (χ0n) is 12.6. The van der Waals surface area contributed by atoms with Crippen LogP contribution in [0.4, 0.5) is 0 Å². The Morgan fingerprint density at radius 1 is 1.17 bits per heavy atom. The maximum atomic E-state index is 12.2.